The molecule has 0 atom stereocenters. The molecule has 5 heteroatoms. The minimum Gasteiger partial charge on any atom is -0.490 e. The molecule has 106 valence electrons. The lowest BCUT2D eigenvalue weighted by atomic mass is 9.95. The Morgan fingerprint density at radius 3 is 2.68 bits per heavy atom. The van der Waals surface area contributed by atoms with E-state index in [4.69, 9.17) is 9.47 Å². The van der Waals surface area contributed by atoms with E-state index < -0.39 is 5.41 Å². The van der Waals surface area contributed by atoms with Crippen LogP contribution in [0.2, 0.25) is 0 Å². The van der Waals surface area contributed by atoms with Gasteiger partial charge >= 0.3 is 5.97 Å². The van der Waals surface area contributed by atoms with Crippen LogP contribution in [0.25, 0.3) is 0 Å². The molecule has 19 heavy (non-hydrogen) atoms. The smallest absolute Gasteiger partial charge is 0.314 e. The summed E-state index contributed by atoms with van der Waals surface area (Å²) in [7, 11) is 3.23. The third-order valence-electron chi connectivity index (χ3n) is 2.74. The highest BCUT2D eigenvalue weighted by atomic mass is 16.5. The number of methoxy groups -OCH3 is 1. The van der Waals surface area contributed by atoms with Gasteiger partial charge in [0.15, 0.2) is 0 Å². The maximum atomic E-state index is 11.6. The molecule has 0 radical (unpaired) electrons. The average molecular weight is 266 g/mol. The maximum absolute atomic E-state index is 11.6. The van der Waals surface area contributed by atoms with Gasteiger partial charge < -0.3 is 14.8 Å². The van der Waals surface area contributed by atoms with Crippen LogP contribution < -0.4 is 10.1 Å². The zero-order chi connectivity index (χ0) is 14.5. The Morgan fingerprint density at radius 2 is 2.11 bits per heavy atom. The number of pyridine rings is 1. The van der Waals surface area contributed by atoms with E-state index in [1.54, 1.807) is 13.8 Å². The van der Waals surface area contributed by atoms with Crippen LogP contribution in [0, 0.1) is 12.3 Å². The van der Waals surface area contributed by atoms with Gasteiger partial charge in [0.1, 0.15) is 12.4 Å². The van der Waals surface area contributed by atoms with Gasteiger partial charge in [-0.05, 0) is 40.0 Å². The Labute approximate surface area is 114 Å². The van der Waals surface area contributed by atoms with Crippen molar-refractivity contribution >= 4 is 5.97 Å². The first-order valence-electron chi connectivity index (χ1n) is 6.23. The highest BCUT2D eigenvalue weighted by Gasteiger charge is 2.30. The van der Waals surface area contributed by atoms with Gasteiger partial charge in [0.05, 0.1) is 18.2 Å². The molecule has 5 nitrogen and oxygen atoms in total. The standard InChI is InChI=1S/C14H22N2O3/c1-10-6-7-12(11(16-10)8-15-4)19-9-14(2,3)13(17)18-5/h6-7,15H,8-9H2,1-5H3. The molecule has 0 aliphatic rings. The lowest BCUT2D eigenvalue weighted by Crippen LogP contribution is -2.32. The number of carbonyl (C=O) groups excluding carboxylic acids is 1. The zero-order valence-corrected chi connectivity index (χ0v) is 12.2. The predicted octanol–water partition coefficient (Wildman–Crippen LogP) is 1.69. The molecule has 1 heterocycles. The molecule has 0 spiro atoms. The van der Waals surface area contributed by atoms with E-state index in [-0.39, 0.29) is 12.6 Å². The van der Waals surface area contributed by atoms with Gasteiger partial charge in [-0.3, -0.25) is 9.78 Å². The summed E-state index contributed by atoms with van der Waals surface area (Å²) in [6.07, 6.45) is 0. The summed E-state index contributed by atoms with van der Waals surface area (Å²) >= 11 is 0. The van der Waals surface area contributed by atoms with Crippen LogP contribution in [-0.4, -0.2) is 31.7 Å². The molecule has 0 saturated carbocycles. The number of nitrogens with zero attached hydrogens (tertiary/aromatic N) is 1. The van der Waals surface area contributed by atoms with Crippen molar-refractivity contribution in [1.82, 2.24) is 10.3 Å². The number of aryl methyl sites for hydroxylation is 1. The molecule has 1 rings (SSSR count). The first-order valence-corrected chi connectivity index (χ1v) is 6.23. The Morgan fingerprint density at radius 1 is 1.42 bits per heavy atom. The van der Waals surface area contributed by atoms with Crippen molar-refractivity contribution in [2.24, 2.45) is 5.41 Å². The molecule has 1 aromatic heterocycles. The van der Waals surface area contributed by atoms with Crippen LogP contribution in [0.4, 0.5) is 0 Å². The molecule has 0 fully saturated rings. The Hall–Kier alpha value is -1.62. The van der Waals surface area contributed by atoms with E-state index in [0.29, 0.717) is 12.3 Å². The normalized spacial score (nSPS) is 11.2. The summed E-state index contributed by atoms with van der Waals surface area (Å²) in [5.41, 5.74) is 1.09. The molecule has 0 saturated heterocycles. The fraction of sp³-hybridized carbons (Fsp3) is 0.571. The molecule has 0 bridgehead atoms. The van der Waals surface area contributed by atoms with Gasteiger partial charge in [0.2, 0.25) is 0 Å². The summed E-state index contributed by atoms with van der Waals surface area (Å²) in [4.78, 5) is 16.0. The SMILES string of the molecule is CNCc1nc(C)ccc1OCC(C)(C)C(=O)OC. The second-order valence-corrected chi connectivity index (χ2v) is 5.09. The Balaban J connectivity index is 2.80. The Kier molecular flexibility index (Phi) is 5.30. The van der Waals surface area contributed by atoms with Crippen molar-refractivity contribution < 1.29 is 14.3 Å². The number of ether oxygens (including phenoxy) is 2. The molecule has 0 amide bonds. The topological polar surface area (TPSA) is 60.5 Å². The summed E-state index contributed by atoms with van der Waals surface area (Å²) in [6.45, 7) is 6.38. The summed E-state index contributed by atoms with van der Waals surface area (Å²) in [5.74, 6) is 0.402. The second kappa shape index (κ2) is 6.52. The minimum absolute atomic E-state index is 0.251. The van der Waals surface area contributed by atoms with E-state index in [1.807, 2.05) is 26.1 Å². The third-order valence-corrected chi connectivity index (χ3v) is 2.74. The van der Waals surface area contributed by atoms with Gasteiger partial charge in [-0.25, -0.2) is 0 Å². The summed E-state index contributed by atoms with van der Waals surface area (Å²) in [6, 6.07) is 3.77. The Bertz CT molecular complexity index is 444. The van der Waals surface area contributed by atoms with E-state index >= 15 is 0 Å². The lowest BCUT2D eigenvalue weighted by molar-refractivity contribution is -0.152. The van der Waals surface area contributed by atoms with Crippen molar-refractivity contribution in [1.29, 1.82) is 0 Å². The first kappa shape index (κ1) is 15.4. The van der Waals surface area contributed by atoms with Crippen molar-refractivity contribution in [2.75, 3.05) is 20.8 Å². The third kappa shape index (κ3) is 4.21. The van der Waals surface area contributed by atoms with Crippen molar-refractivity contribution in [3.05, 3.63) is 23.5 Å². The summed E-state index contributed by atoms with van der Waals surface area (Å²) in [5, 5.41) is 3.05. The van der Waals surface area contributed by atoms with Crippen LogP contribution in [0.15, 0.2) is 12.1 Å². The van der Waals surface area contributed by atoms with Crippen LogP contribution in [0.5, 0.6) is 5.75 Å². The second-order valence-electron chi connectivity index (χ2n) is 5.09. The van der Waals surface area contributed by atoms with E-state index in [9.17, 15) is 4.79 Å². The number of hydrogen-bond donors (Lipinski definition) is 1. The van der Waals surface area contributed by atoms with E-state index in [2.05, 4.69) is 10.3 Å². The van der Waals surface area contributed by atoms with Gasteiger partial charge in [0, 0.05) is 12.2 Å². The monoisotopic (exact) mass is 266 g/mol. The number of carbonyl (C=O) groups is 1. The van der Waals surface area contributed by atoms with E-state index in [0.717, 1.165) is 11.4 Å². The average Bonchev–Trinajstić information content (AvgIpc) is 2.37. The van der Waals surface area contributed by atoms with Gasteiger partial charge in [-0.15, -0.1) is 0 Å². The molecule has 0 aliphatic heterocycles. The van der Waals surface area contributed by atoms with Crippen LogP contribution >= 0.6 is 0 Å². The molecule has 0 aromatic carbocycles. The predicted molar refractivity (Wildman–Crippen MR) is 73.0 cm³/mol. The molecule has 0 unspecified atom stereocenters. The van der Waals surface area contributed by atoms with Crippen LogP contribution in [0.3, 0.4) is 0 Å². The highest BCUT2D eigenvalue weighted by molar-refractivity contribution is 5.75. The van der Waals surface area contributed by atoms with Crippen molar-refractivity contribution in [2.45, 2.75) is 27.3 Å². The summed E-state index contributed by atoms with van der Waals surface area (Å²) < 4.78 is 10.5. The van der Waals surface area contributed by atoms with Crippen LogP contribution in [0.1, 0.15) is 25.2 Å². The number of hydrogen-bond acceptors (Lipinski definition) is 5. The number of rotatable bonds is 6. The largest absolute Gasteiger partial charge is 0.490 e. The van der Waals surface area contributed by atoms with Crippen molar-refractivity contribution in [3.63, 3.8) is 0 Å². The molecule has 1 aromatic rings. The van der Waals surface area contributed by atoms with Crippen molar-refractivity contribution in [3.8, 4) is 5.75 Å². The molecule has 1 N–H and O–H groups in total. The minimum atomic E-state index is -0.684. The fourth-order valence-corrected chi connectivity index (χ4v) is 1.62. The lowest BCUT2D eigenvalue weighted by Gasteiger charge is -2.22. The molecular weight excluding hydrogens is 244 g/mol. The molecular formula is C14H22N2O3. The zero-order valence-electron chi connectivity index (χ0n) is 12.2. The van der Waals surface area contributed by atoms with Gasteiger partial charge in [-0.2, -0.15) is 0 Å². The quantitative estimate of drug-likeness (QED) is 0.794. The van der Waals surface area contributed by atoms with Gasteiger partial charge in [0.25, 0.3) is 0 Å². The molecule has 0 aliphatic carbocycles. The van der Waals surface area contributed by atoms with E-state index in [1.165, 1.54) is 7.11 Å². The number of esters is 1. The van der Waals surface area contributed by atoms with Crippen LogP contribution in [-0.2, 0) is 16.1 Å². The van der Waals surface area contributed by atoms with Gasteiger partial charge in [-0.1, -0.05) is 0 Å². The fourth-order valence-electron chi connectivity index (χ4n) is 1.62. The first-order chi connectivity index (χ1) is 8.90. The number of aromatic nitrogens is 1. The maximum Gasteiger partial charge on any atom is 0.314 e. The number of nitrogens with one attached hydrogen (secondary N) is 1. The highest BCUT2D eigenvalue weighted by Crippen LogP contribution is 2.22.